The van der Waals surface area contributed by atoms with Crippen molar-refractivity contribution in [3.63, 3.8) is 0 Å². The molecule has 21 heavy (non-hydrogen) atoms. The van der Waals surface area contributed by atoms with Crippen LogP contribution in [0.2, 0.25) is 0 Å². The molecule has 120 valence electrons. The third kappa shape index (κ3) is 3.96. The van der Waals surface area contributed by atoms with E-state index in [0.29, 0.717) is 24.7 Å². The van der Waals surface area contributed by atoms with E-state index >= 15 is 0 Å². The van der Waals surface area contributed by atoms with Gasteiger partial charge in [-0.25, -0.2) is 0 Å². The van der Waals surface area contributed by atoms with Gasteiger partial charge in [-0.15, -0.1) is 0 Å². The van der Waals surface area contributed by atoms with Crippen LogP contribution >= 0.6 is 0 Å². The Labute approximate surface area is 126 Å². The van der Waals surface area contributed by atoms with Crippen LogP contribution in [0.3, 0.4) is 0 Å². The van der Waals surface area contributed by atoms with Crippen LogP contribution in [0.25, 0.3) is 0 Å². The summed E-state index contributed by atoms with van der Waals surface area (Å²) in [5.74, 6) is 0.397. The number of hydrogen-bond donors (Lipinski definition) is 3. The van der Waals surface area contributed by atoms with E-state index in [1.165, 1.54) is 0 Å². The first-order valence-corrected chi connectivity index (χ1v) is 7.76. The zero-order chi connectivity index (χ0) is 15.6. The zero-order valence-electron chi connectivity index (χ0n) is 13.3. The lowest BCUT2D eigenvalue weighted by Crippen LogP contribution is -2.42. The Bertz CT molecular complexity index is 464. The predicted molar refractivity (Wildman–Crippen MR) is 83.0 cm³/mol. The molecule has 2 atom stereocenters. The molecule has 1 saturated heterocycles. The lowest BCUT2D eigenvalue weighted by molar-refractivity contribution is 0.0433. The average molecular weight is 296 g/mol. The van der Waals surface area contributed by atoms with Crippen LogP contribution in [0.4, 0.5) is 5.69 Å². The smallest absolute Gasteiger partial charge is 0.0862 e. The summed E-state index contributed by atoms with van der Waals surface area (Å²) >= 11 is 0. The van der Waals surface area contributed by atoms with Gasteiger partial charge in [-0.3, -0.25) is 4.68 Å². The maximum Gasteiger partial charge on any atom is 0.0862 e. The van der Waals surface area contributed by atoms with Crippen molar-refractivity contribution in [2.75, 3.05) is 25.4 Å². The van der Waals surface area contributed by atoms with Gasteiger partial charge in [0.1, 0.15) is 0 Å². The lowest BCUT2D eigenvalue weighted by atomic mass is 9.92. The first-order chi connectivity index (χ1) is 9.88. The Hall–Kier alpha value is -1.11. The molecule has 6 heteroatoms. The van der Waals surface area contributed by atoms with Gasteiger partial charge < -0.3 is 20.8 Å². The lowest BCUT2D eigenvalue weighted by Gasteiger charge is -2.34. The normalized spacial score (nSPS) is 20.6. The summed E-state index contributed by atoms with van der Waals surface area (Å²) in [6.07, 6.45) is 1.31. The van der Waals surface area contributed by atoms with Crippen LogP contribution in [0.5, 0.6) is 0 Å². The quantitative estimate of drug-likeness (QED) is 0.738. The monoisotopic (exact) mass is 296 g/mol. The van der Waals surface area contributed by atoms with E-state index in [0.717, 1.165) is 37.3 Å². The molecule has 1 aliphatic rings. The number of rotatable bonds is 5. The molecule has 2 heterocycles. The minimum Gasteiger partial charge on any atom is -0.396 e. The molecule has 1 aromatic heterocycles. The predicted octanol–water partition coefficient (Wildman–Crippen LogP) is 0.536. The molecule has 0 aromatic carbocycles. The molecular formula is C15H28N4O2. The number of β-amino-alcohol motifs (C(OH)–C–C–N with tert-alkyl or cyclic N) is 1. The second-order valence-corrected chi connectivity index (χ2v) is 6.30. The van der Waals surface area contributed by atoms with Gasteiger partial charge in [0.15, 0.2) is 0 Å². The minimum atomic E-state index is -0.453. The van der Waals surface area contributed by atoms with E-state index in [2.05, 4.69) is 10.00 Å². The largest absolute Gasteiger partial charge is 0.396 e. The number of hydrogen-bond acceptors (Lipinski definition) is 5. The van der Waals surface area contributed by atoms with Gasteiger partial charge in [0.25, 0.3) is 0 Å². The number of aliphatic hydroxyl groups is 2. The summed E-state index contributed by atoms with van der Waals surface area (Å²) in [5.41, 5.74) is 8.35. The molecule has 0 aliphatic carbocycles. The number of likely N-dealkylation sites (tertiary alicyclic amines) is 1. The third-order valence-corrected chi connectivity index (χ3v) is 4.60. The number of aliphatic hydroxyl groups excluding tert-OH is 2. The first-order valence-electron chi connectivity index (χ1n) is 7.76. The fourth-order valence-corrected chi connectivity index (χ4v) is 3.06. The molecule has 2 rings (SSSR count). The molecule has 0 amide bonds. The summed E-state index contributed by atoms with van der Waals surface area (Å²) in [6, 6.07) is 0. The number of aromatic nitrogens is 2. The molecule has 1 aliphatic heterocycles. The molecule has 0 spiro atoms. The highest BCUT2D eigenvalue weighted by Crippen LogP contribution is 2.21. The van der Waals surface area contributed by atoms with Gasteiger partial charge in [-0.2, -0.15) is 5.10 Å². The number of nitrogens with two attached hydrogens (primary N) is 1. The minimum absolute atomic E-state index is 0.227. The van der Waals surface area contributed by atoms with Crippen molar-refractivity contribution in [2.24, 2.45) is 5.92 Å². The molecule has 0 radical (unpaired) electrons. The van der Waals surface area contributed by atoms with Crippen molar-refractivity contribution in [3.05, 3.63) is 11.4 Å². The number of nitrogens with zero attached hydrogens (tertiary/aromatic N) is 3. The SMILES string of the molecule is Cc1nn(CC(O)CN2CCC(C(C)O)CC2)c(C)c1N. The summed E-state index contributed by atoms with van der Waals surface area (Å²) in [4.78, 5) is 2.26. The molecular weight excluding hydrogens is 268 g/mol. The van der Waals surface area contributed by atoms with Gasteiger partial charge >= 0.3 is 0 Å². The van der Waals surface area contributed by atoms with Crippen molar-refractivity contribution in [1.82, 2.24) is 14.7 Å². The van der Waals surface area contributed by atoms with Crippen LogP contribution in [0.1, 0.15) is 31.2 Å². The zero-order valence-corrected chi connectivity index (χ0v) is 13.3. The number of nitrogen functional groups attached to an aromatic ring is 1. The summed E-state index contributed by atoms with van der Waals surface area (Å²) in [7, 11) is 0. The van der Waals surface area contributed by atoms with Gasteiger partial charge in [0.05, 0.1) is 35.8 Å². The molecule has 1 aromatic rings. The fourth-order valence-electron chi connectivity index (χ4n) is 3.06. The maximum atomic E-state index is 10.3. The Morgan fingerprint density at radius 1 is 1.24 bits per heavy atom. The van der Waals surface area contributed by atoms with Crippen molar-refractivity contribution < 1.29 is 10.2 Å². The van der Waals surface area contributed by atoms with Crippen molar-refractivity contribution >= 4 is 5.69 Å². The van der Waals surface area contributed by atoms with Crippen LogP contribution in [0, 0.1) is 19.8 Å². The van der Waals surface area contributed by atoms with Crippen molar-refractivity contribution in [2.45, 2.75) is 52.4 Å². The molecule has 1 fully saturated rings. The molecule has 0 saturated carbocycles. The highest BCUT2D eigenvalue weighted by molar-refractivity contribution is 5.46. The number of anilines is 1. The van der Waals surface area contributed by atoms with E-state index in [4.69, 9.17) is 5.73 Å². The van der Waals surface area contributed by atoms with Crippen LogP contribution in [0.15, 0.2) is 0 Å². The highest BCUT2D eigenvalue weighted by atomic mass is 16.3. The highest BCUT2D eigenvalue weighted by Gasteiger charge is 2.24. The van der Waals surface area contributed by atoms with E-state index in [1.54, 1.807) is 4.68 Å². The van der Waals surface area contributed by atoms with Crippen LogP contribution in [-0.2, 0) is 6.54 Å². The Morgan fingerprint density at radius 2 is 1.86 bits per heavy atom. The summed E-state index contributed by atoms with van der Waals surface area (Å²) in [5, 5.41) is 24.2. The molecule has 2 unspecified atom stereocenters. The molecule has 4 N–H and O–H groups in total. The summed E-state index contributed by atoms with van der Waals surface area (Å²) < 4.78 is 1.79. The topological polar surface area (TPSA) is 87.5 Å². The van der Waals surface area contributed by atoms with E-state index in [9.17, 15) is 10.2 Å². The van der Waals surface area contributed by atoms with Crippen molar-refractivity contribution in [3.8, 4) is 0 Å². The van der Waals surface area contributed by atoms with Crippen LogP contribution < -0.4 is 5.73 Å². The second kappa shape index (κ2) is 6.77. The van der Waals surface area contributed by atoms with Crippen LogP contribution in [-0.4, -0.2) is 56.7 Å². The molecule has 0 bridgehead atoms. The van der Waals surface area contributed by atoms with E-state index in [-0.39, 0.29) is 6.10 Å². The Kier molecular flexibility index (Phi) is 5.24. The third-order valence-electron chi connectivity index (χ3n) is 4.60. The van der Waals surface area contributed by atoms with Gasteiger partial charge in [0.2, 0.25) is 0 Å². The standard InChI is InChI=1S/C15H28N4O2/c1-10-15(16)11(2)19(17-10)9-14(21)8-18-6-4-13(5-7-18)12(3)20/h12-14,20-21H,4-9,16H2,1-3H3. The number of aryl methyl sites for hydroxylation is 1. The molecule has 6 nitrogen and oxygen atoms in total. The van der Waals surface area contributed by atoms with Crippen molar-refractivity contribution in [1.29, 1.82) is 0 Å². The first kappa shape index (κ1) is 16.3. The maximum absolute atomic E-state index is 10.3. The van der Waals surface area contributed by atoms with Gasteiger partial charge in [-0.05, 0) is 52.6 Å². The van der Waals surface area contributed by atoms with E-state index in [1.807, 2.05) is 20.8 Å². The Balaban J connectivity index is 1.82. The number of piperidine rings is 1. The fraction of sp³-hybridized carbons (Fsp3) is 0.800. The summed E-state index contributed by atoms with van der Waals surface area (Å²) in [6.45, 7) is 8.66. The Morgan fingerprint density at radius 3 is 2.33 bits per heavy atom. The van der Waals surface area contributed by atoms with E-state index < -0.39 is 6.10 Å². The van der Waals surface area contributed by atoms with Gasteiger partial charge in [0, 0.05) is 6.54 Å². The average Bonchev–Trinajstić information content (AvgIpc) is 2.67. The second-order valence-electron chi connectivity index (χ2n) is 6.30. The van der Waals surface area contributed by atoms with Gasteiger partial charge in [-0.1, -0.05) is 0 Å².